The van der Waals surface area contributed by atoms with Gasteiger partial charge in [0.1, 0.15) is 23.5 Å². The van der Waals surface area contributed by atoms with Crippen molar-refractivity contribution >= 4 is 17.6 Å². The summed E-state index contributed by atoms with van der Waals surface area (Å²) in [7, 11) is 2.00. The van der Waals surface area contributed by atoms with Gasteiger partial charge in [0.2, 0.25) is 5.91 Å². The molecule has 1 aliphatic heterocycles. The van der Waals surface area contributed by atoms with Crippen molar-refractivity contribution in [3.05, 3.63) is 71.3 Å². The van der Waals surface area contributed by atoms with Crippen molar-refractivity contribution < 1.29 is 23.2 Å². The van der Waals surface area contributed by atoms with Gasteiger partial charge in [-0.1, -0.05) is 12.1 Å². The molecule has 192 valence electrons. The fraction of sp³-hybridized carbons (Fsp3) is 0.464. The maximum Gasteiger partial charge on any atom is 0.251 e. The third-order valence-electron chi connectivity index (χ3n) is 7.18. The molecule has 1 heterocycles. The number of ketones is 1. The predicted octanol–water partition coefficient (Wildman–Crippen LogP) is 3.77. The molecule has 2 aromatic carbocycles. The molecule has 0 unspecified atom stereocenters. The molecule has 0 aromatic heterocycles. The number of carbonyl (C=O) groups excluding carboxylic acids is 3. The molecule has 0 spiro atoms. The van der Waals surface area contributed by atoms with E-state index in [2.05, 4.69) is 10.2 Å². The first kappa shape index (κ1) is 25.9. The summed E-state index contributed by atoms with van der Waals surface area (Å²) >= 11 is 0. The number of benzene rings is 2. The zero-order valence-electron chi connectivity index (χ0n) is 20.6. The Kier molecular flexibility index (Phi) is 8.46. The Bertz CT molecular complexity index is 1070. The molecule has 1 aliphatic carbocycles. The van der Waals surface area contributed by atoms with E-state index in [9.17, 15) is 23.2 Å². The van der Waals surface area contributed by atoms with Gasteiger partial charge in [-0.05, 0) is 80.1 Å². The molecule has 2 aliphatic rings. The standard InChI is InChI=1S/C28H33F2N3O3/c1-32-13-15-33(16-14-32)28(36)26(31-27(35)20-7-11-23(30)12-8-20)4-2-3-24(34)17-21-18-25(21)19-5-9-22(29)10-6-19/h5-12,21,25-26H,2-4,13-18H2,1H3,(H,31,35)/t21-,25+,26+/m1/s1. The van der Waals surface area contributed by atoms with Crippen LogP contribution in [0.25, 0.3) is 0 Å². The fourth-order valence-electron chi connectivity index (χ4n) is 4.84. The Labute approximate surface area is 210 Å². The number of piperazine rings is 1. The molecule has 2 aromatic rings. The summed E-state index contributed by atoms with van der Waals surface area (Å²) in [5.74, 6) is -0.564. The summed E-state index contributed by atoms with van der Waals surface area (Å²) in [6.45, 7) is 2.70. The Balaban J connectivity index is 1.30. The summed E-state index contributed by atoms with van der Waals surface area (Å²) in [5.41, 5.74) is 1.35. The van der Waals surface area contributed by atoms with Crippen LogP contribution in [0.15, 0.2) is 48.5 Å². The second-order valence-corrected chi connectivity index (χ2v) is 9.95. The highest BCUT2D eigenvalue weighted by Crippen LogP contribution is 2.49. The SMILES string of the molecule is CN1CCN(C(=O)[C@H](CCCC(=O)C[C@@H]2C[C@H]2c2ccc(F)cc2)NC(=O)c2ccc(F)cc2)CC1. The average Bonchev–Trinajstić information content (AvgIpc) is 3.63. The van der Waals surface area contributed by atoms with Crippen molar-refractivity contribution in [1.82, 2.24) is 15.1 Å². The van der Waals surface area contributed by atoms with Crippen molar-refractivity contribution in [3.8, 4) is 0 Å². The minimum Gasteiger partial charge on any atom is -0.340 e. The summed E-state index contributed by atoms with van der Waals surface area (Å²) in [6, 6.07) is 10.9. The molecule has 2 fully saturated rings. The second kappa shape index (κ2) is 11.7. The summed E-state index contributed by atoms with van der Waals surface area (Å²) in [5, 5.41) is 2.81. The molecule has 4 rings (SSSR count). The Morgan fingerprint density at radius 3 is 2.19 bits per heavy atom. The molecular formula is C28H33F2N3O3. The summed E-state index contributed by atoms with van der Waals surface area (Å²) < 4.78 is 26.4. The first-order valence-corrected chi connectivity index (χ1v) is 12.6. The highest BCUT2D eigenvalue weighted by Gasteiger charge is 2.39. The van der Waals surface area contributed by atoms with Crippen LogP contribution in [0.2, 0.25) is 0 Å². The Morgan fingerprint density at radius 1 is 0.944 bits per heavy atom. The van der Waals surface area contributed by atoms with Crippen LogP contribution < -0.4 is 5.32 Å². The molecule has 36 heavy (non-hydrogen) atoms. The number of halogens is 2. The molecule has 1 saturated carbocycles. The van der Waals surface area contributed by atoms with Crippen molar-refractivity contribution in [2.45, 2.75) is 44.1 Å². The molecule has 2 amide bonds. The maximum atomic E-state index is 13.2. The van der Waals surface area contributed by atoms with Crippen LogP contribution in [0.3, 0.4) is 0 Å². The van der Waals surface area contributed by atoms with Crippen molar-refractivity contribution in [2.24, 2.45) is 5.92 Å². The lowest BCUT2D eigenvalue weighted by Crippen LogP contribution is -2.54. The number of nitrogens with zero attached hydrogens (tertiary/aromatic N) is 2. The molecular weight excluding hydrogens is 464 g/mol. The van der Waals surface area contributed by atoms with Crippen LogP contribution >= 0.6 is 0 Å². The predicted molar refractivity (Wildman–Crippen MR) is 132 cm³/mol. The van der Waals surface area contributed by atoms with Crippen LogP contribution in [0.5, 0.6) is 0 Å². The highest BCUT2D eigenvalue weighted by atomic mass is 19.1. The minimum atomic E-state index is -0.744. The molecule has 3 atom stereocenters. The van der Waals surface area contributed by atoms with E-state index in [1.54, 1.807) is 17.0 Å². The number of amides is 2. The van der Waals surface area contributed by atoms with Crippen molar-refractivity contribution in [2.75, 3.05) is 33.2 Å². The molecule has 1 saturated heterocycles. The van der Waals surface area contributed by atoms with Crippen LogP contribution in [0.4, 0.5) is 8.78 Å². The first-order chi connectivity index (χ1) is 17.3. The van der Waals surface area contributed by atoms with E-state index in [0.29, 0.717) is 44.7 Å². The van der Waals surface area contributed by atoms with Gasteiger partial charge in [0.05, 0.1) is 0 Å². The monoisotopic (exact) mass is 497 g/mol. The second-order valence-electron chi connectivity index (χ2n) is 9.95. The van der Waals surface area contributed by atoms with Gasteiger partial charge in [-0.3, -0.25) is 14.4 Å². The van der Waals surface area contributed by atoms with Gasteiger partial charge in [0, 0.05) is 44.6 Å². The first-order valence-electron chi connectivity index (χ1n) is 12.6. The Morgan fingerprint density at radius 2 is 1.56 bits per heavy atom. The van der Waals surface area contributed by atoms with E-state index in [4.69, 9.17) is 0 Å². The normalized spacial score (nSPS) is 20.6. The molecule has 0 bridgehead atoms. The number of nitrogens with one attached hydrogen (secondary N) is 1. The van der Waals surface area contributed by atoms with Crippen molar-refractivity contribution in [1.29, 1.82) is 0 Å². The Hall–Kier alpha value is -3.13. The van der Waals surface area contributed by atoms with Gasteiger partial charge < -0.3 is 15.1 Å². The van der Waals surface area contributed by atoms with Crippen molar-refractivity contribution in [3.63, 3.8) is 0 Å². The number of hydrogen-bond donors (Lipinski definition) is 1. The highest BCUT2D eigenvalue weighted by molar-refractivity contribution is 5.97. The smallest absolute Gasteiger partial charge is 0.251 e. The zero-order chi connectivity index (χ0) is 25.7. The van der Waals surface area contributed by atoms with E-state index in [0.717, 1.165) is 25.1 Å². The van der Waals surface area contributed by atoms with Gasteiger partial charge in [-0.25, -0.2) is 8.78 Å². The minimum absolute atomic E-state index is 0.139. The van der Waals surface area contributed by atoms with E-state index in [1.165, 1.54) is 36.4 Å². The van der Waals surface area contributed by atoms with E-state index < -0.39 is 17.8 Å². The number of likely N-dealkylation sites (N-methyl/N-ethyl adjacent to an activating group) is 1. The van der Waals surface area contributed by atoms with Crippen LogP contribution in [-0.4, -0.2) is 66.7 Å². The van der Waals surface area contributed by atoms with E-state index >= 15 is 0 Å². The van der Waals surface area contributed by atoms with Crippen LogP contribution in [0.1, 0.15) is 53.9 Å². The number of Topliss-reactive ketones (excluding diaryl/α,β-unsaturated/α-hetero) is 1. The lowest BCUT2D eigenvalue weighted by atomic mass is 10.0. The van der Waals surface area contributed by atoms with Gasteiger partial charge in [0.15, 0.2) is 0 Å². The fourth-order valence-corrected chi connectivity index (χ4v) is 4.84. The number of carbonyl (C=O) groups is 3. The maximum absolute atomic E-state index is 13.2. The average molecular weight is 498 g/mol. The van der Waals surface area contributed by atoms with Gasteiger partial charge in [-0.2, -0.15) is 0 Å². The molecule has 1 N–H and O–H groups in total. The van der Waals surface area contributed by atoms with E-state index in [-0.39, 0.29) is 29.0 Å². The topological polar surface area (TPSA) is 69.7 Å². The number of hydrogen-bond acceptors (Lipinski definition) is 4. The number of rotatable bonds is 10. The van der Waals surface area contributed by atoms with E-state index in [1.807, 2.05) is 7.05 Å². The molecule has 8 heteroatoms. The molecule has 0 radical (unpaired) electrons. The van der Waals surface area contributed by atoms with Gasteiger partial charge >= 0.3 is 0 Å². The third kappa shape index (κ3) is 6.97. The summed E-state index contributed by atoms with van der Waals surface area (Å²) in [6.07, 6.45) is 2.58. The van der Waals surface area contributed by atoms with Crippen LogP contribution in [-0.2, 0) is 9.59 Å². The summed E-state index contributed by atoms with van der Waals surface area (Å²) in [4.78, 5) is 42.5. The van der Waals surface area contributed by atoms with Crippen LogP contribution in [0, 0.1) is 17.6 Å². The third-order valence-corrected chi connectivity index (χ3v) is 7.18. The molecule has 6 nitrogen and oxygen atoms in total. The lowest BCUT2D eigenvalue weighted by Gasteiger charge is -2.34. The largest absolute Gasteiger partial charge is 0.340 e. The lowest BCUT2D eigenvalue weighted by molar-refractivity contribution is -0.135. The quantitative estimate of drug-likeness (QED) is 0.543. The zero-order valence-corrected chi connectivity index (χ0v) is 20.6. The van der Waals surface area contributed by atoms with Gasteiger partial charge in [-0.15, -0.1) is 0 Å². The van der Waals surface area contributed by atoms with Gasteiger partial charge in [0.25, 0.3) is 5.91 Å².